The Morgan fingerprint density at radius 3 is 3.00 bits per heavy atom. The maximum absolute atomic E-state index is 6.05. The second kappa shape index (κ2) is 4.90. The summed E-state index contributed by atoms with van der Waals surface area (Å²) in [6.07, 6.45) is 1.10. The van der Waals surface area contributed by atoms with Gasteiger partial charge in [-0.2, -0.15) is 0 Å². The first-order chi connectivity index (χ1) is 7.29. The van der Waals surface area contributed by atoms with Gasteiger partial charge in [-0.05, 0) is 18.6 Å². The SMILES string of the molecule is CCC1CSC(Nc2ccccc2Cl)=N1. The minimum atomic E-state index is 0.458. The molecule has 1 aliphatic rings. The Kier molecular flexibility index (Phi) is 3.54. The van der Waals surface area contributed by atoms with Crippen LogP contribution < -0.4 is 5.32 Å². The van der Waals surface area contributed by atoms with E-state index >= 15 is 0 Å². The van der Waals surface area contributed by atoms with Crippen molar-refractivity contribution in [1.29, 1.82) is 0 Å². The third kappa shape index (κ3) is 2.67. The molecule has 15 heavy (non-hydrogen) atoms. The predicted octanol–water partition coefficient (Wildman–Crippen LogP) is 3.63. The molecule has 1 N–H and O–H groups in total. The van der Waals surface area contributed by atoms with Crippen LogP contribution in [-0.2, 0) is 0 Å². The van der Waals surface area contributed by atoms with Crippen LogP contribution in [-0.4, -0.2) is 17.0 Å². The molecule has 2 nitrogen and oxygen atoms in total. The summed E-state index contributed by atoms with van der Waals surface area (Å²) in [6.45, 7) is 2.16. The predicted molar refractivity (Wildman–Crippen MR) is 69.0 cm³/mol. The van der Waals surface area contributed by atoms with Crippen molar-refractivity contribution >= 4 is 34.2 Å². The summed E-state index contributed by atoms with van der Waals surface area (Å²) in [5, 5.41) is 4.97. The summed E-state index contributed by atoms with van der Waals surface area (Å²) in [7, 11) is 0. The van der Waals surface area contributed by atoms with Crippen LogP contribution in [0, 0.1) is 0 Å². The zero-order chi connectivity index (χ0) is 10.7. The maximum Gasteiger partial charge on any atom is 0.161 e. The molecule has 1 heterocycles. The summed E-state index contributed by atoms with van der Waals surface area (Å²) in [4.78, 5) is 4.55. The second-order valence-electron chi connectivity index (χ2n) is 3.41. The van der Waals surface area contributed by atoms with Crippen molar-refractivity contribution in [3.63, 3.8) is 0 Å². The summed E-state index contributed by atoms with van der Waals surface area (Å²) in [5.74, 6) is 1.07. The average Bonchev–Trinajstić information content (AvgIpc) is 2.69. The smallest absolute Gasteiger partial charge is 0.161 e. The van der Waals surface area contributed by atoms with Gasteiger partial charge in [0.15, 0.2) is 5.17 Å². The minimum absolute atomic E-state index is 0.458. The van der Waals surface area contributed by atoms with Crippen LogP contribution in [0.25, 0.3) is 0 Å². The van der Waals surface area contributed by atoms with Gasteiger partial charge in [0, 0.05) is 5.75 Å². The molecule has 0 fully saturated rings. The van der Waals surface area contributed by atoms with E-state index in [4.69, 9.17) is 11.6 Å². The van der Waals surface area contributed by atoms with E-state index in [2.05, 4.69) is 17.2 Å². The highest BCUT2D eigenvalue weighted by Crippen LogP contribution is 2.25. The number of hydrogen-bond acceptors (Lipinski definition) is 3. The molecule has 2 rings (SSSR count). The van der Waals surface area contributed by atoms with Gasteiger partial charge in [0.1, 0.15) is 0 Å². The number of amidine groups is 1. The highest BCUT2D eigenvalue weighted by atomic mass is 35.5. The zero-order valence-corrected chi connectivity index (χ0v) is 10.1. The Morgan fingerprint density at radius 1 is 1.53 bits per heavy atom. The molecule has 1 aromatic carbocycles. The molecule has 1 aliphatic heterocycles. The Bertz CT molecular complexity index is 379. The van der Waals surface area contributed by atoms with E-state index in [1.807, 2.05) is 24.3 Å². The fourth-order valence-electron chi connectivity index (χ4n) is 1.37. The summed E-state index contributed by atoms with van der Waals surface area (Å²) >= 11 is 7.81. The van der Waals surface area contributed by atoms with Crippen molar-refractivity contribution in [2.75, 3.05) is 11.1 Å². The summed E-state index contributed by atoms with van der Waals surface area (Å²) < 4.78 is 0. The van der Waals surface area contributed by atoms with Gasteiger partial charge >= 0.3 is 0 Å². The molecule has 0 amide bonds. The second-order valence-corrected chi connectivity index (χ2v) is 4.83. The third-order valence-corrected chi connectivity index (χ3v) is 3.66. The van der Waals surface area contributed by atoms with Crippen molar-refractivity contribution < 1.29 is 0 Å². The van der Waals surface area contributed by atoms with Gasteiger partial charge in [-0.25, -0.2) is 0 Å². The molecule has 0 saturated heterocycles. The van der Waals surface area contributed by atoms with Gasteiger partial charge in [-0.15, -0.1) is 0 Å². The normalized spacial score (nSPS) is 20.1. The molecule has 0 aromatic heterocycles. The molecule has 4 heteroatoms. The first kappa shape index (κ1) is 10.8. The number of rotatable bonds is 2. The van der Waals surface area contributed by atoms with Crippen LogP contribution in [0.1, 0.15) is 13.3 Å². The number of thioether (sulfide) groups is 1. The molecule has 1 atom stereocenters. The van der Waals surface area contributed by atoms with Gasteiger partial charge in [0.05, 0.1) is 16.8 Å². The lowest BCUT2D eigenvalue weighted by Crippen LogP contribution is -2.05. The van der Waals surface area contributed by atoms with Gasteiger partial charge in [-0.1, -0.05) is 42.4 Å². The number of nitrogens with one attached hydrogen (secondary N) is 1. The highest BCUT2D eigenvalue weighted by molar-refractivity contribution is 8.14. The van der Waals surface area contributed by atoms with Crippen LogP contribution in [0.3, 0.4) is 0 Å². The van der Waals surface area contributed by atoms with E-state index in [0.29, 0.717) is 6.04 Å². The molecule has 0 saturated carbocycles. The summed E-state index contributed by atoms with van der Waals surface area (Å²) in [6, 6.07) is 8.18. The molecule has 0 radical (unpaired) electrons. The minimum Gasteiger partial charge on any atom is -0.334 e. The van der Waals surface area contributed by atoms with Crippen molar-refractivity contribution in [2.45, 2.75) is 19.4 Å². The molecule has 1 unspecified atom stereocenters. The fourth-order valence-corrected chi connectivity index (χ4v) is 2.62. The standard InChI is InChI=1S/C11H13ClN2S/c1-2-8-7-15-11(13-8)14-10-6-4-3-5-9(10)12/h3-6,8H,2,7H2,1H3,(H,13,14). The van der Waals surface area contributed by atoms with Crippen molar-refractivity contribution in [3.8, 4) is 0 Å². The number of nitrogens with zero attached hydrogens (tertiary/aromatic N) is 1. The van der Waals surface area contributed by atoms with Crippen LogP contribution in [0.2, 0.25) is 5.02 Å². The van der Waals surface area contributed by atoms with Gasteiger partial charge in [0.2, 0.25) is 0 Å². The Balaban J connectivity index is 2.07. The zero-order valence-electron chi connectivity index (χ0n) is 8.53. The number of aliphatic imine (C=N–C) groups is 1. The van der Waals surface area contributed by atoms with E-state index in [-0.39, 0.29) is 0 Å². The quantitative estimate of drug-likeness (QED) is 0.854. The maximum atomic E-state index is 6.05. The molecule has 0 aliphatic carbocycles. The lowest BCUT2D eigenvalue weighted by Gasteiger charge is -2.06. The van der Waals surface area contributed by atoms with Crippen molar-refractivity contribution in [2.24, 2.45) is 4.99 Å². The van der Waals surface area contributed by atoms with Crippen LogP contribution >= 0.6 is 23.4 Å². The van der Waals surface area contributed by atoms with Crippen molar-refractivity contribution in [1.82, 2.24) is 0 Å². The van der Waals surface area contributed by atoms with Crippen LogP contribution in [0.15, 0.2) is 29.3 Å². The molecular weight excluding hydrogens is 228 g/mol. The van der Waals surface area contributed by atoms with E-state index < -0.39 is 0 Å². The summed E-state index contributed by atoms with van der Waals surface area (Å²) in [5.41, 5.74) is 0.933. The van der Waals surface area contributed by atoms with Crippen LogP contribution in [0.4, 0.5) is 5.69 Å². The first-order valence-corrected chi connectivity index (χ1v) is 6.38. The highest BCUT2D eigenvalue weighted by Gasteiger charge is 2.16. The largest absolute Gasteiger partial charge is 0.334 e. The third-order valence-electron chi connectivity index (χ3n) is 2.30. The number of hydrogen-bond donors (Lipinski definition) is 1. The lowest BCUT2D eigenvalue weighted by molar-refractivity contribution is 0.738. The topological polar surface area (TPSA) is 24.4 Å². The van der Waals surface area contributed by atoms with Crippen molar-refractivity contribution in [3.05, 3.63) is 29.3 Å². The average molecular weight is 241 g/mol. The Labute approximate surface area is 99.1 Å². The number of benzene rings is 1. The number of para-hydroxylation sites is 1. The van der Waals surface area contributed by atoms with E-state index in [1.165, 1.54) is 0 Å². The Morgan fingerprint density at radius 2 is 2.33 bits per heavy atom. The molecule has 0 spiro atoms. The first-order valence-electron chi connectivity index (χ1n) is 5.01. The van der Waals surface area contributed by atoms with Crippen LogP contribution in [0.5, 0.6) is 0 Å². The molecular formula is C11H13ClN2S. The van der Waals surface area contributed by atoms with E-state index in [9.17, 15) is 0 Å². The van der Waals surface area contributed by atoms with Gasteiger partial charge in [0.25, 0.3) is 0 Å². The fraction of sp³-hybridized carbons (Fsp3) is 0.364. The van der Waals surface area contributed by atoms with Gasteiger partial charge < -0.3 is 5.32 Å². The number of anilines is 1. The monoisotopic (exact) mass is 240 g/mol. The lowest BCUT2D eigenvalue weighted by atomic mass is 10.3. The molecule has 80 valence electrons. The molecule has 1 aromatic rings. The van der Waals surface area contributed by atoms with E-state index in [0.717, 1.165) is 28.1 Å². The molecule has 0 bridgehead atoms. The van der Waals surface area contributed by atoms with E-state index in [1.54, 1.807) is 11.8 Å². The number of halogens is 1. The Hall–Kier alpha value is -0.670. The van der Waals surface area contributed by atoms with Gasteiger partial charge in [-0.3, -0.25) is 4.99 Å².